The third-order valence-electron chi connectivity index (χ3n) is 3.95. The van der Waals surface area contributed by atoms with E-state index in [2.05, 4.69) is 0 Å². The molecule has 1 aliphatic heterocycles. The number of hydrogen-bond acceptors (Lipinski definition) is 3. The first-order chi connectivity index (χ1) is 12.4. The fraction of sp³-hybridized carbons (Fsp3) is 0.0500. The van der Waals surface area contributed by atoms with Gasteiger partial charge in [0.2, 0.25) is 5.78 Å². The molecule has 1 aliphatic rings. The van der Waals surface area contributed by atoms with Gasteiger partial charge in [0.1, 0.15) is 11.5 Å². The van der Waals surface area contributed by atoms with Gasteiger partial charge in [-0.3, -0.25) is 4.79 Å². The van der Waals surface area contributed by atoms with E-state index in [-0.39, 0.29) is 5.78 Å². The highest BCUT2D eigenvalue weighted by atomic mass is 32.2. The van der Waals surface area contributed by atoms with E-state index in [1.54, 1.807) is 36.4 Å². The molecule has 0 aliphatic carbocycles. The molecule has 0 unspecified atom stereocenters. The van der Waals surface area contributed by atoms with Crippen molar-refractivity contribution in [2.45, 2.75) is 11.1 Å². The Kier molecular flexibility index (Phi) is 4.00. The van der Waals surface area contributed by atoms with E-state index in [4.69, 9.17) is 4.42 Å². The summed E-state index contributed by atoms with van der Waals surface area (Å²) in [6.07, 6.45) is -2.80. The van der Waals surface area contributed by atoms with Crippen molar-refractivity contribution in [3.8, 4) is 11.3 Å². The minimum absolute atomic E-state index is 0.0809. The maximum atomic E-state index is 12.9. The summed E-state index contributed by atoms with van der Waals surface area (Å²) in [5, 5.41) is 0. The highest BCUT2D eigenvalue weighted by Gasteiger charge is 2.30. The monoisotopic (exact) mass is 372 g/mol. The van der Waals surface area contributed by atoms with E-state index in [9.17, 15) is 18.0 Å². The number of alkyl halides is 3. The Morgan fingerprint density at radius 3 is 2.54 bits per heavy atom. The summed E-state index contributed by atoms with van der Waals surface area (Å²) in [6.45, 7) is 0. The molecule has 6 heteroatoms. The van der Waals surface area contributed by atoms with Crippen LogP contribution < -0.4 is 0 Å². The maximum Gasteiger partial charge on any atom is 0.416 e. The van der Waals surface area contributed by atoms with Crippen molar-refractivity contribution in [1.82, 2.24) is 0 Å². The van der Waals surface area contributed by atoms with Crippen LogP contribution in [-0.4, -0.2) is 5.78 Å². The number of hydrogen-bond donors (Lipinski definition) is 0. The fourth-order valence-corrected chi connectivity index (χ4v) is 3.73. The molecule has 3 aromatic rings. The minimum atomic E-state index is -4.41. The second-order valence-corrected chi connectivity index (χ2v) is 6.80. The standard InChI is InChI=1S/C20H11F3O2S/c21-20(22,23)13-5-3-4-12(10-13)16-9-8-14(25-16)11-18-19(24)15-6-1-2-7-17(15)26-18/h1-11H. The molecular formula is C20H11F3O2S. The summed E-state index contributed by atoms with van der Waals surface area (Å²) in [6, 6.07) is 15.5. The first-order valence-electron chi connectivity index (χ1n) is 7.72. The van der Waals surface area contributed by atoms with Crippen molar-refractivity contribution in [3.05, 3.63) is 82.5 Å². The van der Waals surface area contributed by atoms with Gasteiger partial charge >= 0.3 is 6.18 Å². The summed E-state index contributed by atoms with van der Waals surface area (Å²) in [4.78, 5) is 13.8. The van der Waals surface area contributed by atoms with Gasteiger partial charge in [0, 0.05) is 16.0 Å². The third kappa shape index (κ3) is 3.08. The van der Waals surface area contributed by atoms with E-state index in [0.29, 0.717) is 27.6 Å². The van der Waals surface area contributed by atoms with E-state index in [1.807, 2.05) is 12.1 Å². The van der Waals surface area contributed by atoms with Crippen LogP contribution in [0.2, 0.25) is 0 Å². The van der Waals surface area contributed by atoms with Gasteiger partial charge in [-0.25, -0.2) is 0 Å². The highest BCUT2D eigenvalue weighted by Crippen LogP contribution is 2.41. The molecule has 2 heterocycles. The summed E-state index contributed by atoms with van der Waals surface area (Å²) in [5.41, 5.74) is 0.245. The molecule has 2 aromatic carbocycles. The Morgan fingerprint density at radius 2 is 1.77 bits per heavy atom. The Hall–Kier alpha value is -2.73. The van der Waals surface area contributed by atoms with Gasteiger partial charge in [-0.1, -0.05) is 36.0 Å². The number of carbonyl (C=O) groups is 1. The second-order valence-electron chi connectivity index (χ2n) is 5.72. The lowest BCUT2D eigenvalue weighted by Gasteiger charge is -2.07. The SMILES string of the molecule is O=C1C(=Cc2ccc(-c3cccc(C(F)(F)F)c3)o2)Sc2ccccc21. The van der Waals surface area contributed by atoms with Crippen molar-refractivity contribution < 1.29 is 22.4 Å². The zero-order valence-corrected chi connectivity index (χ0v) is 14.0. The molecule has 4 rings (SSSR count). The largest absolute Gasteiger partial charge is 0.457 e. The number of Topliss-reactive ketones (excluding diaryl/α,β-unsaturated/α-hetero) is 1. The summed E-state index contributed by atoms with van der Waals surface area (Å²) >= 11 is 1.35. The van der Waals surface area contributed by atoms with E-state index < -0.39 is 11.7 Å². The van der Waals surface area contributed by atoms with Crippen LogP contribution in [0.15, 0.2) is 74.9 Å². The van der Waals surface area contributed by atoms with Crippen LogP contribution in [0.4, 0.5) is 13.2 Å². The fourth-order valence-electron chi connectivity index (χ4n) is 2.70. The number of furan rings is 1. The third-order valence-corrected chi connectivity index (χ3v) is 5.05. The zero-order chi connectivity index (χ0) is 18.3. The molecule has 0 bridgehead atoms. The highest BCUT2D eigenvalue weighted by molar-refractivity contribution is 8.04. The van der Waals surface area contributed by atoms with E-state index in [0.717, 1.165) is 17.0 Å². The minimum Gasteiger partial charge on any atom is -0.457 e. The molecule has 0 atom stereocenters. The molecular weight excluding hydrogens is 361 g/mol. The quantitative estimate of drug-likeness (QED) is 0.495. The first kappa shape index (κ1) is 16.7. The summed E-state index contributed by atoms with van der Waals surface area (Å²) in [5.74, 6) is 0.652. The predicted octanol–water partition coefficient (Wildman–Crippen LogP) is 6.29. The Morgan fingerprint density at radius 1 is 0.962 bits per heavy atom. The number of carbonyl (C=O) groups excluding carboxylic acids is 1. The van der Waals surface area contributed by atoms with Crippen molar-refractivity contribution in [1.29, 1.82) is 0 Å². The van der Waals surface area contributed by atoms with Crippen molar-refractivity contribution in [2.75, 3.05) is 0 Å². The topological polar surface area (TPSA) is 30.2 Å². The molecule has 0 fully saturated rings. The van der Waals surface area contributed by atoms with Crippen LogP contribution in [-0.2, 0) is 6.18 Å². The first-order valence-corrected chi connectivity index (χ1v) is 8.54. The van der Waals surface area contributed by atoms with Gasteiger partial charge in [-0.15, -0.1) is 0 Å². The smallest absolute Gasteiger partial charge is 0.416 e. The van der Waals surface area contributed by atoms with Crippen LogP contribution >= 0.6 is 11.8 Å². The molecule has 0 amide bonds. The van der Waals surface area contributed by atoms with Gasteiger partial charge < -0.3 is 4.42 Å². The number of thioether (sulfide) groups is 1. The predicted molar refractivity (Wildman–Crippen MR) is 93.8 cm³/mol. The van der Waals surface area contributed by atoms with E-state index >= 15 is 0 Å². The Bertz CT molecular complexity index is 1030. The second kappa shape index (κ2) is 6.21. The lowest BCUT2D eigenvalue weighted by Crippen LogP contribution is -2.04. The van der Waals surface area contributed by atoms with Crippen LogP contribution in [0.25, 0.3) is 17.4 Å². The van der Waals surface area contributed by atoms with Gasteiger partial charge in [0.15, 0.2) is 0 Å². The molecule has 130 valence electrons. The van der Waals surface area contributed by atoms with Gasteiger partial charge in [0.25, 0.3) is 0 Å². The van der Waals surface area contributed by atoms with Gasteiger partial charge in [-0.2, -0.15) is 13.2 Å². The van der Waals surface area contributed by atoms with Crippen LogP contribution in [0.3, 0.4) is 0 Å². The summed E-state index contributed by atoms with van der Waals surface area (Å²) < 4.78 is 44.2. The average molecular weight is 372 g/mol. The van der Waals surface area contributed by atoms with Crippen molar-refractivity contribution in [3.63, 3.8) is 0 Å². The van der Waals surface area contributed by atoms with Crippen LogP contribution in [0, 0.1) is 0 Å². The maximum absolute atomic E-state index is 12.9. The van der Waals surface area contributed by atoms with Gasteiger partial charge in [-0.05, 0) is 42.5 Å². The van der Waals surface area contributed by atoms with Crippen molar-refractivity contribution in [2.24, 2.45) is 0 Å². The lowest BCUT2D eigenvalue weighted by molar-refractivity contribution is -0.137. The molecule has 2 nitrogen and oxygen atoms in total. The average Bonchev–Trinajstić information content (AvgIpc) is 3.20. The molecule has 0 N–H and O–H groups in total. The van der Waals surface area contributed by atoms with Crippen molar-refractivity contribution >= 4 is 23.6 Å². The van der Waals surface area contributed by atoms with E-state index in [1.165, 1.54) is 17.8 Å². The molecule has 0 spiro atoms. The molecule has 0 radical (unpaired) electrons. The molecule has 0 saturated carbocycles. The number of benzene rings is 2. The Labute approximate surface area is 151 Å². The molecule has 26 heavy (non-hydrogen) atoms. The number of rotatable bonds is 2. The Balaban J connectivity index is 1.63. The van der Waals surface area contributed by atoms with Gasteiger partial charge in [0.05, 0.1) is 10.5 Å². The molecule has 1 aromatic heterocycles. The summed E-state index contributed by atoms with van der Waals surface area (Å²) in [7, 11) is 0. The number of fused-ring (bicyclic) bond motifs is 1. The number of ketones is 1. The van der Waals surface area contributed by atoms with Crippen LogP contribution in [0.5, 0.6) is 0 Å². The molecule has 0 saturated heterocycles. The van der Waals surface area contributed by atoms with Crippen LogP contribution in [0.1, 0.15) is 21.7 Å². The number of allylic oxidation sites excluding steroid dienone is 1. The number of halogens is 3. The normalized spacial score (nSPS) is 15.5. The zero-order valence-electron chi connectivity index (χ0n) is 13.2. The lowest BCUT2D eigenvalue weighted by atomic mass is 10.1.